The summed E-state index contributed by atoms with van der Waals surface area (Å²) in [4.78, 5) is 16.5. The third-order valence-corrected chi connectivity index (χ3v) is 5.85. The summed E-state index contributed by atoms with van der Waals surface area (Å²) in [6.45, 7) is 6.85. The van der Waals surface area contributed by atoms with Crippen molar-refractivity contribution in [2.24, 2.45) is 5.73 Å². The molecule has 2 heterocycles. The van der Waals surface area contributed by atoms with Gasteiger partial charge in [-0.1, -0.05) is 24.3 Å². The molecule has 4 rings (SSSR count). The predicted octanol–water partition coefficient (Wildman–Crippen LogP) is 2.33. The van der Waals surface area contributed by atoms with Crippen LogP contribution in [0.4, 0.5) is 5.69 Å². The maximum Gasteiger partial charge on any atom is 0.248 e. The Labute approximate surface area is 161 Å². The normalized spacial score (nSPS) is 19.2. The van der Waals surface area contributed by atoms with E-state index in [2.05, 4.69) is 39.4 Å². The molecule has 142 valence electrons. The van der Waals surface area contributed by atoms with Crippen molar-refractivity contribution < 1.29 is 4.79 Å². The van der Waals surface area contributed by atoms with Gasteiger partial charge in [-0.15, -0.1) is 0 Å². The highest BCUT2D eigenvalue weighted by atomic mass is 16.1. The number of carbonyl (C=O) groups is 1. The van der Waals surface area contributed by atoms with Crippen molar-refractivity contribution >= 4 is 11.6 Å². The molecule has 0 bridgehead atoms. The van der Waals surface area contributed by atoms with Crippen LogP contribution < -0.4 is 16.0 Å². The highest BCUT2D eigenvalue weighted by Gasteiger charge is 2.25. The molecule has 0 atom stereocenters. The van der Waals surface area contributed by atoms with Gasteiger partial charge in [-0.2, -0.15) is 0 Å². The van der Waals surface area contributed by atoms with Crippen LogP contribution in [0.1, 0.15) is 23.2 Å². The molecule has 2 aromatic carbocycles. The van der Waals surface area contributed by atoms with Crippen LogP contribution in [0.15, 0.2) is 48.5 Å². The second kappa shape index (κ2) is 8.11. The van der Waals surface area contributed by atoms with E-state index < -0.39 is 0 Å². The number of hydrogen-bond acceptors (Lipinski definition) is 4. The number of amides is 1. The molecule has 0 spiro atoms. The summed E-state index contributed by atoms with van der Waals surface area (Å²) in [6, 6.07) is 16.9. The number of piperazine rings is 1. The molecule has 2 aliphatic rings. The van der Waals surface area contributed by atoms with Gasteiger partial charge >= 0.3 is 0 Å². The van der Waals surface area contributed by atoms with Crippen LogP contribution in [0.25, 0.3) is 11.1 Å². The summed E-state index contributed by atoms with van der Waals surface area (Å²) in [7, 11) is 0. The van der Waals surface area contributed by atoms with Crippen molar-refractivity contribution in [3.8, 4) is 11.1 Å². The lowest BCUT2D eigenvalue weighted by Gasteiger charge is -2.41. The van der Waals surface area contributed by atoms with Gasteiger partial charge < -0.3 is 16.0 Å². The van der Waals surface area contributed by atoms with Crippen molar-refractivity contribution in [2.45, 2.75) is 18.9 Å². The van der Waals surface area contributed by atoms with Crippen molar-refractivity contribution in [2.75, 3.05) is 44.2 Å². The first-order valence-electron chi connectivity index (χ1n) is 9.91. The van der Waals surface area contributed by atoms with Gasteiger partial charge in [0.05, 0.1) is 0 Å². The minimum atomic E-state index is -0.388. The Morgan fingerprint density at radius 3 is 2.30 bits per heavy atom. The van der Waals surface area contributed by atoms with E-state index in [0.717, 1.165) is 43.3 Å². The zero-order valence-electron chi connectivity index (χ0n) is 15.7. The first-order chi connectivity index (χ1) is 13.2. The molecule has 2 saturated heterocycles. The van der Waals surface area contributed by atoms with Crippen LogP contribution in [0.2, 0.25) is 0 Å². The Hall–Kier alpha value is -2.37. The molecule has 1 amide bonds. The van der Waals surface area contributed by atoms with Crippen LogP contribution >= 0.6 is 0 Å². The van der Waals surface area contributed by atoms with Crippen LogP contribution in [-0.2, 0) is 0 Å². The van der Waals surface area contributed by atoms with Crippen molar-refractivity contribution in [3.63, 3.8) is 0 Å². The molecule has 27 heavy (non-hydrogen) atoms. The Balaban J connectivity index is 1.39. The average molecular weight is 364 g/mol. The summed E-state index contributed by atoms with van der Waals surface area (Å²) in [5.74, 6) is -0.388. The second-order valence-electron chi connectivity index (χ2n) is 7.50. The number of piperidine rings is 1. The first-order valence-corrected chi connectivity index (χ1v) is 9.91. The van der Waals surface area contributed by atoms with Gasteiger partial charge in [0, 0.05) is 56.6 Å². The van der Waals surface area contributed by atoms with E-state index in [0.29, 0.717) is 5.56 Å². The van der Waals surface area contributed by atoms with Gasteiger partial charge in [-0.3, -0.25) is 9.69 Å². The third-order valence-electron chi connectivity index (χ3n) is 5.85. The Kier molecular flexibility index (Phi) is 5.41. The molecule has 0 unspecified atom stereocenters. The lowest BCUT2D eigenvalue weighted by Crippen LogP contribution is -2.52. The molecule has 0 aliphatic carbocycles. The van der Waals surface area contributed by atoms with E-state index in [1.54, 1.807) is 6.07 Å². The monoisotopic (exact) mass is 364 g/mol. The molecule has 0 saturated carbocycles. The molecule has 2 aromatic rings. The Morgan fingerprint density at radius 2 is 1.63 bits per heavy atom. The highest BCUT2D eigenvalue weighted by molar-refractivity contribution is 5.94. The lowest BCUT2D eigenvalue weighted by molar-refractivity contribution is 0.100. The molecule has 0 aromatic heterocycles. The van der Waals surface area contributed by atoms with Gasteiger partial charge in [-0.05, 0) is 48.2 Å². The predicted molar refractivity (Wildman–Crippen MR) is 110 cm³/mol. The van der Waals surface area contributed by atoms with E-state index in [1.807, 2.05) is 18.2 Å². The topological polar surface area (TPSA) is 61.6 Å². The number of carbonyl (C=O) groups excluding carboxylic acids is 1. The average Bonchev–Trinajstić information content (AvgIpc) is 2.75. The standard InChI is InChI=1S/C22H28N4O/c23-22(27)19-3-1-2-18(16-19)17-4-6-20(7-5-17)25-12-8-21(9-13-25)26-14-10-24-11-15-26/h1-7,16,21,24H,8-15H2,(H2,23,27). The number of hydrogen-bond donors (Lipinski definition) is 2. The smallest absolute Gasteiger partial charge is 0.248 e. The Bertz CT molecular complexity index is 775. The maximum atomic E-state index is 11.4. The fourth-order valence-electron chi connectivity index (χ4n) is 4.25. The number of primary amides is 1. The Morgan fingerprint density at radius 1 is 0.926 bits per heavy atom. The van der Waals surface area contributed by atoms with E-state index in [9.17, 15) is 4.79 Å². The highest BCUT2D eigenvalue weighted by Crippen LogP contribution is 2.27. The first kappa shape index (κ1) is 18.0. The lowest BCUT2D eigenvalue weighted by atomic mass is 10.00. The SMILES string of the molecule is NC(=O)c1cccc(-c2ccc(N3CCC(N4CCNCC4)CC3)cc2)c1. The molecule has 2 fully saturated rings. The number of anilines is 1. The van der Waals surface area contributed by atoms with Gasteiger partial charge in [0.15, 0.2) is 0 Å². The number of nitrogens with zero attached hydrogens (tertiary/aromatic N) is 2. The maximum absolute atomic E-state index is 11.4. The van der Waals surface area contributed by atoms with E-state index in [-0.39, 0.29) is 5.91 Å². The number of benzene rings is 2. The largest absolute Gasteiger partial charge is 0.371 e. The molecule has 5 heteroatoms. The van der Waals surface area contributed by atoms with E-state index in [1.165, 1.54) is 31.6 Å². The molecular formula is C22H28N4O. The van der Waals surface area contributed by atoms with Crippen molar-refractivity contribution in [1.82, 2.24) is 10.2 Å². The molecule has 0 radical (unpaired) electrons. The van der Waals surface area contributed by atoms with Crippen molar-refractivity contribution in [3.05, 3.63) is 54.1 Å². The van der Waals surface area contributed by atoms with Crippen LogP contribution in [0.3, 0.4) is 0 Å². The summed E-state index contributed by atoms with van der Waals surface area (Å²) in [5, 5.41) is 3.44. The minimum absolute atomic E-state index is 0.388. The van der Waals surface area contributed by atoms with Gasteiger partial charge in [0.1, 0.15) is 0 Å². The van der Waals surface area contributed by atoms with Gasteiger partial charge in [0.2, 0.25) is 5.91 Å². The quantitative estimate of drug-likeness (QED) is 0.874. The van der Waals surface area contributed by atoms with Crippen LogP contribution in [-0.4, -0.2) is 56.1 Å². The third kappa shape index (κ3) is 4.15. The van der Waals surface area contributed by atoms with E-state index >= 15 is 0 Å². The minimum Gasteiger partial charge on any atom is -0.371 e. The summed E-state index contributed by atoms with van der Waals surface area (Å²) in [6.07, 6.45) is 2.48. The summed E-state index contributed by atoms with van der Waals surface area (Å²) in [5.41, 5.74) is 9.36. The molecule has 5 nitrogen and oxygen atoms in total. The molecule has 2 aliphatic heterocycles. The fourth-order valence-corrected chi connectivity index (χ4v) is 4.25. The second-order valence-corrected chi connectivity index (χ2v) is 7.50. The van der Waals surface area contributed by atoms with E-state index in [4.69, 9.17) is 5.73 Å². The van der Waals surface area contributed by atoms with Crippen LogP contribution in [0, 0.1) is 0 Å². The summed E-state index contributed by atoms with van der Waals surface area (Å²) < 4.78 is 0. The number of nitrogens with one attached hydrogen (secondary N) is 1. The molecule has 3 N–H and O–H groups in total. The van der Waals surface area contributed by atoms with Gasteiger partial charge in [0.25, 0.3) is 0 Å². The van der Waals surface area contributed by atoms with Crippen molar-refractivity contribution in [1.29, 1.82) is 0 Å². The fraction of sp³-hybridized carbons (Fsp3) is 0.409. The van der Waals surface area contributed by atoms with Crippen LogP contribution in [0.5, 0.6) is 0 Å². The molecular weight excluding hydrogens is 336 g/mol. The van der Waals surface area contributed by atoms with Gasteiger partial charge in [-0.25, -0.2) is 0 Å². The zero-order chi connectivity index (χ0) is 18.6. The zero-order valence-corrected chi connectivity index (χ0v) is 15.7. The summed E-state index contributed by atoms with van der Waals surface area (Å²) >= 11 is 0. The number of rotatable bonds is 4. The number of nitrogens with two attached hydrogens (primary N) is 1.